The highest BCUT2D eigenvalue weighted by Gasteiger charge is 2.16. The Kier molecular flexibility index (Phi) is 4.52. The first-order valence-electron chi connectivity index (χ1n) is 9.41. The number of hydrogen-bond donors (Lipinski definition) is 1. The fraction of sp³-hybridized carbons (Fsp3) is 0.0909. The van der Waals surface area contributed by atoms with Crippen LogP contribution in [-0.4, -0.2) is 29.9 Å². The molecule has 1 aromatic carbocycles. The normalized spacial score (nSPS) is 11.3. The maximum atomic E-state index is 14.4. The Labute approximate surface area is 176 Å². The summed E-state index contributed by atoms with van der Waals surface area (Å²) in [5.74, 6) is -0.387. The van der Waals surface area contributed by atoms with E-state index in [2.05, 4.69) is 20.3 Å². The quantitative estimate of drug-likeness (QED) is 0.426. The second-order valence-corrected chi connectivity index (χ2v) is 7.26. The van der Waals surface area contributed by atoms with Crippen LogP contribution in [-0.2, 0) is 6.54 Å². The fourth-order valence-electron chi connectivity index (χ4n) is 3.37. The molecule has 0 aliphatic carbocycles. The van der Waals surface area contributed by atoms with Crippen molar-refractivity contribution in [2.24, 2.45) is 0 Å². The second kappa shape index (κ2) is 7.35. The molecule has 0 saturated heterocycles. The third-order valence-electron chi connectivity index (χ3n) is 4.94. The first-order chi connectivity index (χ1) is 14.6. The van der Waals surface area contributed by atoms with Crippen LogP contribution in [0.25, 0.3) is 44.7 Å². The number of rotatable bonds is 4. The SMILES string of the molecule is CCn1cc(-c2cnc3ccc(-c4cn[nH]c4-c4cc(Cl)ccc4F)nc3c2)cn1. The summed E-state index contributed by atoms with van der Waals surface area (Å²) >= 11 is 6.07. The molecule has 8 heteroatoms. The average molecular weight is 419 g/mol. The van der Waals surface area contributed by atoms with Crippen LogP contribution < -0.4 is 0 Å². The molecule has 0 amide bonds. The van der Waals surface area contributed by atoms with E-state index in [4.69, 9.17) is 16.6 Å². The van der Waals surface area contributed by atoms with Crippen molar-refractivity contribution in [2.75, 3.05) is 0 Å². The lowest BCUT2D eigenvalue weighted by Gasteiger charge is -2.07. The van der Waals surface area contributed by atoms with Gasteiger partial charge in [0, 0.05) is 46.2 Å². The number of nitrogens with one attached hydrogen (secondary N) is 1. The van der Waals surface area contributed by atoms with Crippen molar-refractivity contribution in [3.05, 3.63) is 72.0 Å². The van der Waals surface area contributed by atoms with Crippen molar-refractivity contribution in [2.45, 2.75) is 13.5 Å². The number of H-pyrrole nitrogens is 1. The van der Waals surface area contributed by atoms with Crippen LogP contribution in [0.2, 0.25) is 5.02 Å². The smallest absolute Gasteiger partial charge is 0.132 e. The molecule has 6 nitrogen and oxygen atoms in total. The standard InChI is InChI=1S/C22H16ClFN6/c1-2-30-12-14(10-27-30)13-7-21-20(25-9-13)6-5-19(28-21)17-11-26-29-22(17)16-8-15(23)3-4-18(16)24/h3-12H,2H2,1H3,(H,26,29). The molecule has 0 atom stereocenters. The Morgan fingerprint density at radius 1 is 1.00 bits per heavy atom. The van der Waals surface area contributed by atoms with Gasteiger partial charge in [-0.15, -0.1) is 0 Å². The van der Waals surface area contributed by atoms with Crippen LogP contribution in [0.4, 0.5) is 4.39 Å². The summed E-state index contributed by atoms with van der Waals surface area (Å²) in [7, 11) is 0. The van der Waals surface area contributed by atoms with E-state index in [9.17, 15) is 4.39 Å². The summed E-state index contributed by atoms with van der Waals surface area (Å²) in [4.78, 5) is 9.28. The van der Waals surface area contributed by atoms with Gasteiger partial charge in [-0.1, -0.05) is 11.6 Å². The Morgan fingerprint density at radius 3 is 2.73 bits per heavy atom. The zero-order valence-electron chi connectivity index (χ0n) is 16.0. The maximum absolute atomic E-state index is 14.4. The Morgan fingerprint density at radius 2 is 1.90 bits per heavy atom. The molecule has 4 heterocycles. The van der Waals surface area contributed by atoms with E-state index in [1.54, 1.807) is 12.3 Å². The molecular formula is C22H16ClFN6. The lowest BCUT2D eigenvalue weighted by Crippen LogP contribution is -1.92. The number of fused-ring (bicyclic) bond motifs is 1. The Balaban J connectivity index is 1.61. The minimum Gasteiger partial charge on any atom is -0.277 e. The zero-order valence-corrected chi connectivity index (χ0v) is 16.7. The number of halogens is 2. The van der Waals surface area contributed by atoms with Gasteiger partial charge in [0.15, 0.2) is 0 Å². The van der Waals surface area contributed by atoms with Gasteiger partial charge in [0.05, 0.1) is 34.8 Å². The second-order valence-electron chi connectivity index (χ2n) is 6.83. The van der Waals surface area contributed by atoms with Crippen LogP contribution in [0.15, 0.2) is 61.2 Å². The predicted octanol–water partition coefficient (Wildman–Crippen LogP) is 5.36. The molecule has 4 aromatic heterocycles. The van der Waals surface area contributed by atoms with Crippen molar-refractivity contribution < 1.29 is 4.39 Å². The summed E-state index contributed by atoms with van der Waals surface area (Å²) in [5, 5.41) is 11.7. The number of benzene rings is 1. The summed E-state index contributed by atoms with van der Waals surface area (Å²) < 4.78 is 16.3. The monoisotopic (exact) mass is 418 g/mol. The van der Waals surface area contributed by atoms with Gasteiger partial charge >= 0.3 is 0 Å². The highest BCUT2D eigenvalue weighted by atomic mass is 35.5. The first-order valence-corrected chi connectivity index (χ1v) is 9.79. The summed E-state index contributed by atoms with van der Waals surface area (Å²) in [5.41, 5.74) is 5.61. The van der Waals surface area contributed by atoms with Gasteiger partial charge in [-0.25, -0.2) is 9.37 Å². The van der Waals surface area contributed by atoms with Crippen molar-refractivity contribution in [1.29, 1.82) is 0 Å². The van der Waals surface area contributed by atoms with E-state index >= 15 is 0 Å². The molecule has 0 aliphatic rings. The number of aromatic nitrogens is 6. The molecule has 5 aromatic rings. The minimum absolute atomic E-state index is 0.343. The average Bonchev–Trinajstić information content (AvgIpc) is 3.44. The number of pyridine rings is 2. The van der Waals surface area contributed by atoms with Gasteiger partial charge < -0.3 is 0 Å². The van der Waals surface area contributed by atoms with Crippen molar-refractivity contribution >= 4 is 22.6 Å². The van der Waals surface area contributed by atoms with Gasteiger partial charge in [0.2, 0.25) is 0 Å². The van der Waals surface area contributed by atoms with E-state index in [0.717, 1.165) is 28.7 Å². The van der Waals surface area contributed by atoms with Crippen molar-refractivity contribution in [3.63, 3.8) is 0 Å². The molecule has 148 valence electrons. The summed E-state index contributed by atoms with van der Waals surface area (Å²) in [6.07, 6.45) is 7.23. The van der Waals surface area contributed by atoms with E-state index in [0.29, 0.717) is 27.5 Å². The maximum Gasteiger partial charge on any atom is 0.132 e. The number of nitrogens with zero attached hydrogens (tertiary/aromatic N) is 5. The molecule has 5 rings (SSSR count). The van der Waals surface area contributed by atoms with Crippen LogP contribution in [0, 0.1) is 5.82 Å². The lowest BCUT2D eigenvalue weighted by atomic mass is 10.0. The van der Waals surface area contributed by atoms with E-state index in [-0.39, 0.29) is 5.82 Å². The third-order valence-corrected chi connectivity index (χ3v) is 5.18. The molecule has 0 fully saturated rings. The molecule has 0 saturated carbocycles. The lowest BCUT2D eigenvalue weighted by molar-refractivity contribution is 0.630. The summed E-state index contributed by atoms with van der Waals surface area (Å²) in [6.45, 7) is 2.83. The topological polar surface area (TPSA) is 72.3 Å². The van der Waals surface area contributed by atoms with Crippen LogP contribution in [0.1, 0.15) is 6.92 Å². The molecule has 0 radical (unpaired) electrons. The Bertz CT molecular complexity index is 1370. The molecule has 0 bridgehead atoms. The van der Waals surface area contributed by atoms with Crippen molar-refractivity contribution in [3.8, 4) is 33.6 Å². The van der Waals surface area contributed by atoms with Gasteiger partial charge in [-0.3, -0.25) is 14.8 Å². The van der Waals surface area contributed by atoms with Gasteiger partial charge in [-0.05, 0) is 43.3 Å². The number of hydrogen-bond acceptors (Lipinski definition) is 4. The number of aryl methyl sites for hydroxylation is 1. The summed E-state index contributed by atoms with van der Waals surface area (Å²) in [6, 6.07) is 10.1. The van der Waals surface area contributed by atoms with Gasteiger partial charge in [0.1, 0.15) is 5.82 Å². The molecular weight excluding hydrogens is 403 g/mol. The largest absolute Gasteiger partial charge is 0.277 e. The van der Waals surface area contributed by atoms with E-state index in [1.807, 2.05) is 48.4 Å². The number of aromatic amines is 1. The fourth-order valence-corrected chi connectivity index (χ4v) is 3.55. The Hall–Kier alpha value is -3.58. The molecule has 30 heavy (non-hydrogen) atoms. The van der Waals surface area contributed by atoms with E-state index < -0.39 is 0 Å². The molecule has 0 spiro atoms. The third kappa shape index (κ3) is 3.23. The first kappa shape index (κ1) is 18.4. The van der Waals surface area contributed by atoms with Gasteiger partial charge in [0.25, 0.3) is 0 Å². The van der Waals surface area contributed by atoms with Crippen molar-refractivity contribution in [1.82, 2.24) is 29.9 Å². The van der Waals surface area contributed by atoms with Crippen LogP contribution in [0.5, 0.6) is 0 Å². The highest BCUT2D eigenvalue weighted by Crippen LogP contribution is 2.33. The zero-order chi connectivity index (χ0) is 20.7. The predicted molar refractivity (Wildman–Crippen MR) is 114 cm³/mol. The highest BCUT2D eigenvalue weighted by molar-refractivity contribution is 6.30. The van der Waals surface area contributed by atoms with Crippen LogP contribution in [0.3, 0.4) is 0 Å². The van der Waals surface area contributed by atoms with Gasteiger partial charge in [-0.2, -0.15) is 10.2 Å². The van der Waals surface area contributed by atoms with Crippen LogP contribution >= 0.6 is 11.6 Å². The van der Waals surface area contributed by atoms with E-state index in [1.165, 1.54) is 12.1 Å². The molecule has 0 unspecified atom stereocenters. The molecule has 1 N–H and O–H groups in total. The molecule has 0 aliphatic heterocycles. The minimum atomic E-state index is -0.387.